The van der Waals surface area contributed by atoms with Crippen molar-refractivity contribution in [1.29, 1.82) is 0 Å². The fourth-order valence-electron chi connectivity index (χ4n) is 1.84. The number of hydrogen-bond acceptors (Lipinski definition) is 6. The van der Waals surface area contributed by atoms with Crippen molar-refractivity contribution < 1.29 is 14.0 Å². The lowest BCUT2D eigenvalue weighted by molar-refractivity contribution is 0.161. The molecule has 1 aliphatic heterocycles. The zero-order valence-electron chi connectivity index (χ0n) is 9.92. The zero-order valence-corrected chi connectivity index (χ0v) is 9.92. The highest BCUT2D eigenvalue weighted by Gasteiger charge is 2.25. The van der Waals surface area contributed by atoms with Gasteiger partial charge in [0.05, 0.1) is 12.2 Å². The molecule has 6 nitrogen and oxygen atoms in total. The molecule has 94 valence electrons. The van der Waals surface area contributed by atoms with Crippen molar-refractivity contribution in [3.05, 3.63) is 36.0 Å². The number of hydrogen-bond donors (Lipinski definition) is 1. The van der Waals surface area contributed by atoms with Gasteiger partial charge in [-0.1, -0.05) is 17.3 Å². The highest BCUT2D eigenvalue weighted by Crippen LogP contribution is 2.33. The molecule has 1 aromatic carbocycles. The summed E-state index contributed by atoms with van der Waals surface area (Å²) in [6.07, 6.45) is -0.266. The van der Waals surface area contributed by atoms with Crippen molar-refractivity contribution in [2.75, 3.05) is 19.0 Å². The Morgan fingerprint density at radius 3 is 3.22 bits per heavy atom. The van der Waals surface area contributed by atoms with Crippen LogP contribution in [0.5, 0.6) is 5.75 Å². The van der Waals surface area contributed by atoms with E-state index in [1.165, 1.54) is 0 Å². The van der Waals surface area contributed by atoms with Crippen molar-refractivity contribution >= 4 is 5.69 Å². The van der Waals surface area contributed by atoms with E-state index in [9.17, 15) is 0 Å². The maximum absolute atomic E-state index is 5.81. The molecule has 0 saturated carbocycles. The summed E-state index contributed by atoms with van der Waals surface area (Å²) in [5, 5.41) is 7.09. The molecule has 1 unspecified atom stereocenters. The zero-order chi connectivity index (χ0) is 12.4. The van der Waals surface area contributed by atoms with Gasteiger partial charge in [-0.2, -0.15) is 4.98 Å². The molecule has 2 aromatic rings. The third kappa shape index (κ3) is 2.02. The van der Waals surface area contributed by atoms with E-state index in [0.29, 0.717) is 24.9 Å². The summed E-state index contributed by atoms with van der Waals surface area (Å²) in [4.78, 5) is 4.23. The van der Waals surface area contributed by atoms with Crippen LogP contribution < -0.4 is 10.1 Å². The maximum atomic E-state index is 5.81. The average Bonchev–Trinajstić information content (AvgIpc) is 2.87. The van der Waals surface area contributed by atoms with Gasteiger partial charge in [-0.25, -0.2) is 0 Å². The quantitative estimate of drug-likeness (QED) is 0.891. The molecule has 0 spiro atoms. The van der Waals surface area contributed by atoms with Gasteiger partial charge in [-0.15, -0.1) is 0 Å². The van der Waals surface area contributed by atoms with Crippen molar-refractivity contribution in [2.24, 2.45) is 0 Å². The number of fused-ring (bicyclic) bond motifs is 1. The van der Waals surface area contributed by atoms with Gasteiger partial charge in [0, 0.05) is 7.11 Å². The standard InChI is InChI=1S/C12H13N3O3/c1-16-7-11-14-12(18-15-11)10-6-13-8-4-2-3-5-9(8)17-10/h2-5,10,13H,6-7H2,1H3. The number of aromatic nitrogens is 2. The van der Waals surface area contributed by atoms with Gasteiger partial charge in [0.15, 0.2) is 11.9 Å². The van der Waals surface area contributed by atoms with Gasteiger partial charge in [0.25, 0.3) is 5.89 Å². The summed E-state index contributed by atoms with van der Waals surface area (Å²) < 4.78 is 15.9. The van der Waals surface area contributed by atoms with E-state index in [0.717, 1.165) is 11.4 Å². The van der Waals surface area contributed by atoms with E-state index >= 15 is 0 Å². The molecular formula is C12H13N3O3. The third-order valence-corrected chi connectivity index (χ3v) is 2.67. The fraction of sp³-hybridized carbons (Fsp3) is 0.333. The van der Waals surface area contributed by atoms with Crippen LogP contribution in [-0.2, 0) is 11.3 Å². The summed E-state index contributed by atoms with van der Waals surface area (Å²) >= 11 is 0. The number of ether oxygens (including phenoxy) is 2. The lowest BCUT2D eigenvalue weighted by Gasteiger charge is -2.24. The van der Waals surface area contributed by atoms with Crippen molar-refractivity contribution in [1.82, 2.24) is 10.1 Å². The van der Waals surface area contributed by atoms with Crippen LogP contribution >= 0.6 is 0 Å². The number of methoxy groups -OCH3 is 1. The van der Waals surface area contributed by atoms with Crippen LogP contribution in [0.15, 0.2) is 28.8 Å². The number of anilines is 1. The van der Waals surface area contributed by atoms with Gasteiger partial charge in [-0.05, 0) is 12.1 Å². The Hall–Kier alpha value is -2.08. The Morgan fingerprint density at radius 1 is 1.44 bits per heavy atom. The van der Waals surface area contributed by atoms with Crippen LogP contribution in [0.25, 0.3) is 0 Å². The lowest BCUT2D eigenvalue weighted by Crippen LogP contribution is -2.23. The van der Waals surface area contributed by atoms with E-state index in [-0.39, 0.29) is 6.10 Å². The summed E-state index contributed by atoms with van der Waals surface area (Å²) in [5.41, 5.74) is 0.977. The summed E-state index contributed by atoms with van der Waals surface area (Å²) in [7, 11) is 1.59. The van der Waals surface area contributed by atoms with E-state index < -0.39 is 0 Å². The molecule has 0 radical (unpaired) electrons. The molecule has 1 atom stereocenters. The first-order chi connectivity index (χ1) is 8.86. The maximum Gasteiger partial charge on any atom is 0.269 e. The molecule has 1 N–H and O–H groups in total. The van der Waals surface area contributed by atoms with E-state index in [1.54, 1.807) is 7.11 Å². The molecule has 0 aliphatic carbocycles. The third-order valence-electron chi connectivity index (χ3n) is 2.67. The molecule has 3 rings (SSSR count). The van der Waals surface area contributed by atoms with Gasteiger partial charge in [0.1, 0.15) is 12.4 Å². The van der Waals surface area contributed by atoms with Crippen molar-refractivity contribution in [2.45, 2.75) is 12.7 Å². The highest BCUT2D eigenvalue weighted by atomic mass is 16.5. The molecule has 0 amide bonds. The smallest absolute Gasteiger partial charge is 0.269 e. The Bertz CT molecular complexity index is 541. The van der Waals surface area contributed by atoms with Crippen molar-refractivity contribution in [3.63, 3.8) is 0 Å². The Balaban J connectivity index is 1.78. The first-order valence-corrected chi connectivity index (χ1v) is 5.68. The SMILES string of the molecule is COCc1noc(C2CNc3ccccc3O2)n1. The molecule has 0 bridgehead atoms. The van der Waals surface area contributed by atoms with Crippen LogP contribution in [0.3, 0.4) is 0 Å². The van der Waals surface area contributed by atoms with E-state index in [4.69, 9.17) is 14.0 Å². The normalized spacial score (nSPS) is 17.7. The molecule has 1 aliphatic rings. The summed E-state index contributed by atoms with van der Waals surface area (Å²) in [5.74, 6) is 1.78. The van der Waals surface area contributed by atoms with E-state index in [1.807, 2.05) is 24.3 Å². The highest BCUT2D eigenvalue weighted by molar-refractivity contribution is 5.57. The van der Waals surface area contributed by atoms with Gasteiger partial charge < -0.3 is 19.3 Å². The van der Waals surface area contributed by atoms with Crippen LogP contribution in [0, 0.1) is 0 Å². The van der Waals surface area contributed by atoms with Crippen LogP contribution in [0.2, 0.25) is 0 Å². The predicted octanol–water partition coefficient (Wildman–Crippen LogP) is 1.76. The molecule has 2 heterocycles. The van der Waals surface area contributed by atoms with Crippen molar-refractivity contribution in [3.8, 4) is 5.75 Å². The molecule has 1 aromatic heterocycles. The first kappa shape index (κ1) is 11.0. The molecule has 0 saturated heterocycles. The van der Waals surface area contributed by atoms with E-state index in [2.05, 4.69) is 15.5 Å². The monoisotopic (exact) mass is 247 g/mol. The second kappa shape index (κ2) is 4.66. The van der Waals surface area contributed by atoms with Crippen LogP contribution in [0.1, 0.15) is 17.8 Å². The number of benzene rings is 1. The number of nitrogens with zero attached hydrogens (tertiary/aromatic N) is 2. The largest absolute Gasteiger partial charge is 0.477 e. The molecule has 6 heteroatoms. The Kier molecular flexibility index (Phi) is 2.85. The minimum Gasteiger partial charge on any atom is -0.477 e. The predicted molar refractivity (Wildman–Crippen MR) is 63.3 cm³/mol. The number of para-hydroxylation sites is 2. The van der Waals surface area contributed by atoms with Gasteiger partial charge in [-0.3, -0.25) is 0 Å². The minimum absolute atomic E-state index is 0.266. The summed E-state index contributed by atoms with van der Waals surface area (Å²) in [6, 6.07) is 7.75. The molecule has 0 fully saturated rings. The Labute approximate surface area is 104 Å². The first-order valence-electron chi connectivity index (χ1n) is 5.68. The van der Waals surface area contributed by atoms with Gasteiger partial charge in [0.2, 0.25) is 0 Å². The summed E-state index contributed by atoms with van der Waals surface area (Å²) in [6.45, 7) is 0.936. The average molecular weight is 247 g/mol. The second-order valence-electron chi connectivity index (χ2n) is 3.97. The topological polar surface area (TPSA) is 69.4 Å². The molecule has 18 heavy (non-hydrogen) atoms. The lowest BCUT2D eigenvalue weighted by atomic mass is 10.2. The number of rotatable bonds is 3. The minimum atomic E-state index is -0.266. The molecular weight excluding hydrogens is 234 g/mol. The second-order valence-corrected chi connectivity index (χ2v) is 3.97. The van der Waals surface area contributed by atoms with Gasteiger partial charge >= 0.3 is 0 Å². The Morgan fingerprint density at radius 2 is 2.33 bits per heavy atom. The van der Waals surface area contributed by atoms with Crippen LogP contribution in [-0.4, -0.2) is 23.8 Å². The number of nitrogens with one attached hydrogen (secondary N) is 1. The van der Waals surface area contributed by atoms with Crippen LogP contribution in [0.4, 0.5) is 5.69 Å². The fourth-order valence-corrected chi connectivity index (χ4v) is 1.84.